The SMILES string of the molecule is CCCCS(=O)(=O)Nc1ccc(C)cc1C(=O)NC(CC)c1ccc(C)o1. The number of amides is 1. The number of furan rings is 1. The highest BCUT2D eigenvalue weighted by molar-refractivity contribution is 7.92. The lowest BCUT2D eigenvalue weighted by molar-refractivity contribution is 0.0931. The van der Waals surface area contributed by atoms with Gasteiger partial charge in [-0.15, -0.1) is 0 Å². The fourth-order valence-electron chi connectivity index (χ4n) is 2.74. The molecule has 0 aliphatic rings. The highest BCUT2D eigenvalue weighted by Gasteiger charge is 2.21. The highest BCUT2D eigenvalue weighted by atomic mass is 32.2. The largest absolute Gasteiger partial charge is 0.464 e. The van der Waals surface area contributed by atoms with Crippen LogP contribution in [0.1, 0.15) is 66.6 Å². The molecule has 1 aromatic carbocycles. The Kier molecular flexibility index (Phi) is 7.07. The van der Waals surface area contributed by atoms with E-state index in [0.717, 1.165) is 17.7 Å². The molecule has 2 aromatic rings. The van der Waals surface area contributed by atoms with Crippen LogP contribution in [0.25, 0.3) is 0 Å². The van der Waals surface area contributed by atoms with Crippen molar-refractivity contribution in [3.63, 3.8) is 0 Å². The molecule has 1 heterocycles. The summed E-state index contributed by atoms with van der Waals surface area (Å²) in [6.07, 6.45) is 2.00. The predicted octanol–water partition coefficient (Wildman–Crippen LogP) is 4.32. The van der Waals surface area contributed by atoms with Crippen molar-refractivity contribution in [3.05, 3.63) is 53.0 Å². The monoisotopic (exact) mass is 392 g/mol. The van der Waals surface area contributed by atoms with E-state index in [0.29, 0.717) is 29.9 Å². The standard InChI is InChI=1S/C20H28N2O4S/c1-5-7-12-27(24,25)22-18-10-8-14(3)13-16(18)20(23)21-17(6-2)19-11-9-15(4)26-19/h8-11,13,17,22H,5-7,12H2,1-4H3,(H,21,23). The molecule has 7 heteroatoms. The number of nitrogens with one attached hydrogen (secondary N) is 2. The second kappa shape index (κ2) is 9.08. The normalized spacial score (nSPS) is 12.6. The van der Waals surface area contributed by atoms with Gasteiger partial charge in [-0.3, -0.25) is 9.52 Å². The molecule has 6 nitrogen and oxygen atoms in total. The van der Waals surface area contributed by atoms with E-state index in [9.17, 15) is 13.2 Å². The summed E-state index contributed by atoms with van der Waals surface area (Å²) in [4.78, 5) is 12.9. The molecule has 2 N–H and O–H groups in total. The quantitative estimate of drug-likeness (QED) is 0.665. The maximum atomic E-state index is 12.9. The summed E-state index contributed by atoms with van der Waals surface area (Å²) in [5.74, 6) is 1.15. The van der Waals surface area contributed by atoms with Crippen LogP contribution in [0.4, 0.5) is 5.69 Å². The van der Waals surface area contributed by atoms with E-state index >= 15 is 0 Å². The summed E-state index contributed by atoms with van der Waals surface area (Å²) in [5, 5.41) is 2.94. The molecule has 0 fully saturated rings. The van der Waals surface area contributed by atoms with Crippen LogP contribution >= 0.6 is 0 Å². The van der Waals surface area contributed by atoms with E-state index in [1.165, 1.54) is 0 Å². The van der Waals surface area contributed by atoms with E-state index in [2.05, 4.69) is 10.0 Å². The van der Waals surface area contributed by atoms with Crippen LogP contribution < -0.4 is 10.0 Å². The fraction of sp³-hybridized carbons (Fsp3) is 0.450. The molecule has 1 aromatic heterocycles. The summed E-state index contributed by atoms with van der Waals surface area (Å²) in [6, 6.07) is 8.51. The first kappa shape index (κ1) is 21.0. The zero-order chi connectivity index (χ0) is 20.0. The second-order valence-electron chi connectivity index (χ2n) is 6.71. The smallest absolute Gasteiger partial charge is 0.254 e. The maximum Gasteiger partial charge on any atom is 0.254 e. The zero-order valence-electron chi connectivity index (χ0n) is 16.3. The first-order chi connectivity index (χ1) is 12.8. The lowest BCUT2D eigenvalue weighted by atomic mass is 10.1. The van der Waals surface area contributed by atoms with E-state index in [-0.39, 0.29) is 17.7 Å². The molecule has 0 aliphatic carbocycles. The molecule has 0 radical (unpaired) electrons. The Morgan fingerprint density at radius 1 is 1.15 bits per heavy atom. The summed E-state index contributed by atoms with van der Waals surface area (Å²) in [5.41, 5.74) is 1.47. The van der Waals surface area contributed by atoms with Gasteiger partial charge < -0.3 is 9.73 Å². The number of benzene rings is 1. The molecular formula is C20H28N2O4S. The Morgan fingerprint density at radius 3 is 2.48 bits per heavy atom. The van der Waals surface area contributed by atoms with Gasteiger partial charge in [-0.2, -0.15) is 0 Å². The highest BCUT2D eigenvalue weighted by Crippen LogP contribution is 2.23. The molecule has 0 saturated heterocycles. The Balaban J connectivity index is 2.25. The number of carbonyl (C=O) groups excluding carboxylic acids is 1. The molecule has 1 unspecified atom stereocenters. The maximum absolute atomic E-state index is 12.9. The Hall–Kier alpha value is -2.28. The number of carbonyl (C=O) groups is 1. The summed E-state index contributed by atoms with van der Waals surface area (Å²) in [7, 11) is -3.50. The zero-order valence-corrected chi connectivity index (χ0v) is 17.2. The third-order valence-corrected chi connectivity index (χ3v) is 5.63. The molecule has 27 heavy (non-hydrogen) atoms. The molecule has 2 rings (SSSR count). The number of sulfonamides is 1. The fourth-order valence-corrected chi connectivity index (χ4v) is 4.02. The summed E-state index contributed by atoms with van der Waals surface area (Å²) < 4.78 is 32.7. The number of hydrogen-bond donors (Lipinski definition) is 2. The first-order valence-electron chi connectivity index (χ1n) is 9.24. The van der Waals surface area contributed by atoms with Gasteiger partial charge in [0.2, 0.25) is 10.0 Å². The average Bonchev–Trinajstić information content (AvgIpc) is 3.05. The first-order valence-corrected chi connectivity index (χ1v) is 10.9. The molecule has 1 amide bonds. The van der Waals surface area contributed by atoms with Crippen molar-refractivity contribution in [2.75, 3.05) is 10.5 Å². The van der Waals surface area contributed by atoms with Gasteiger partial charge in [-0.05, 0) is 51.0 Å². The minimum absolute atomic E-state index is 0.0295. The molecule has 0 bridgehead atoms. The number of anilines is 1. The van der Waals surface area contributed by atoms with E-state index in [1.54, 1.807) is 18.2 Å². The van der Waals surface area contributed by atoms with Gasteiger partial charge in [-0.25, -0.2) is 8.42 Å². The van der Waals surface area contributed by atoms with Crippen molar-refractivity contribution < 1.29 is 17.6 Å². The molecule has 0 spiro atoms. The van der Waals surface area contributed by atoms with Crippen LogP contribution in [0, 0.1) is 13.8 Å². The number of rotatable bonds is 9. The van der Waals surface area contributed by atoms with E-state index in [1.807, 2.05) is 39.8 Å². The van der Waals surface area contributed by atoms with E-state index < -0.39 is 10.0 Å². The van der Waals surface area contributed by atoms with Crippen LogP contribution in [0.3, 0.4) is 0 Å². The van der Waals surface area contributed by atoms with Crippen molar-refractivity contribution in [1.29, 1.82) is 0 Å². The number of unbranched alkanes of at least 4 members (excludes halogenated alkanes) is 1. The Labute approximate surface area is 161 Å². The van der Waals surface area contributed by atoms with Gasteiger partial charge in [0, 0.05) is 0 Å². The Morgan fingerprint density at radius 2 is 1.89 bits per heavy atom. The van der Waals surface area contributed by atoms with Crippen molar-refractivity contribution >= 4 is 21.6 Å². The predicted molar refractivity (Wildman–Crippen MR) is 107 cm³/mol. The molecule has 1 atom stereocenters. The molecule has 0 aliphatic heterocycles. The van der Waals surface area contributed by atoms with Crippen LogP contribution in [0.2, 0.25) is 0 Å². The van der Waals surface area contributed by atoms with Gasteiger partial charge in [-0.1, -0.05) is 31.9 Å². The van der Waals surface area contributed by atoms with Gasteiger partial charge >= 0.3 is 0 Å². The minimum Gasteiger partial charge on any atom is -0.464 e. The average molecular weight is 393 g/mol. The lowest BCUT2D eigenvalue weighted by Crippen LogP contribution is -2.29. The number of aryl methyl sites for hydroxylation is 2. The van der Waals surface area contributed by atoms with Gasteiger partial charge in [0.15, 0.2) is 0 Å². The third kappa shape index (κ3) is 5.85. The van der Waals surface area contributed by atoms with Crippen molar-refractivity contribution in [2.24, 2.45) is 0 Å². The lowest BCUT2D eigenvalue weighted by Gasteiger charge is -2.17. The molecular weight excluding hydrogens is 364 g/mol. The number of hydrogen-bond acceptors (Lipinski definition) is 4. The van der Waals surface area contributed by atoms with Gasteiger partial charge in [0.05, 0.1) is 23.0 Å². The second-order valence-corrected chi connectivity index (χ2v) is 8.55. The molecule has 148 valence electrons. The molecule has 0 saturated carbocycles. The van der Waals surface area contributed by atoms with Crippen LogP contribution in [-0.2, 0) is 10.0 Å². The summed E-state index contributed by atoms with van der Waals surface area (Å²) >= 11 is 0. The topological polar surface area (TPSA) is 88.4 Å². The van der Waals surface area contributed by atoms with Crippen LogP contribution in [0.15, 0.2) is 34.7 Å². The van der Waals surface area contributed by atoms with Crippen LogP contribution in [0.5, 0.6) is 0 Å². The van der Waals surface area contributed by atoms with Crippen molar-refractivity contribution in [3.8, 4) is 0 Å². The minimum atomic E-state index is -3.50. The van der Waals surface area contributed by atoms with Crippen molar-refractivity contribution in [2.45, 2.75) is 53.0 Å². The van der Waals surface area contributed by atoms with Crippen LogP contribution in [-0.4, -0.2) is 20.1 Å². The summed E-state index contributed by atoms with van der Waals surface area (Å²) in [6.45, 7) is 7.59. The van der Waals surface area contributed by atoms with Crippen molar-refractivity contribution in [1.82, 2.24) is 5.32 Å². The van der Waals surface area contributed by atoms with Gasteiger partial charge in [0.1, 0.15) is 11.5 Å². The Bertz CT molecular complexity index is 887. The van der Waals surface area contributed by atoms with E-state index in [4.69, 9.17) is 4.42 Å². The van der Waals surface area contributed by atoms with Gasteiger partial charge in [0.25, 0.3) is 5.91 Å². The third-order valence-electron chi connectivity index (χ3n) is 4.27.